The monoisotopic (exact) mass is 319 g/mol. The van der Waals surface area contributed by atoms with Crippen LogP contribution in [0.3, 0.4) is 0 Å². The van der Waals surface area contributed by atoms with E-state index in [1.807, 2.05) is 24.3 Å². The van der Waals surface area contributed by atoms with Crippen molar-refractivity contribution in [2.45, 2.75) is 6.42 Å². The Bertz CT molecular complexity index is 611. The smallest absolute Gasteiger partial charge is 0.168 e. The molecule has 0 radical (unpaired) electrons. The van der Waals surface area contributed by atoms with Crippen molar-refractivity contribution in [2.24, 2.45) is 0 Å². The number of para-hydroxylation sites is 1. The van der Waals surface area contributed by atoms with Crippen LogP contribution < -0.4 is 10.5 Å². The Labute approximate surface area is 120 Å². The van der Waals surface area contributed by atoms with Gasteiger partial charge in [-0.05, 0) is 24.3 Å². The van der Waals surface area contributed by atoms with Gasteiger partial charge in [0.05, 0.1) is 7.11 Å². The highest BCUT2D eigenvalue weighted by atomic mass is 79.9. The summed E-state index contributed by atoms with van der Waals surface area (Å²) in [7, 11) is 1.60. The van der Waals surface area contributed by atoms with E-state index < -0.39 is 0 Å². The number of nitrogen functional groups attached to an aromatic ring is 1. The summed E-state index contributed by atoms with van der Waals surface area (Å²) in [5.41, 5.74) is 7.75. The van der Waals surface area contributed by atoms with Crippen LogP contribution >= 0.6 is 15.9 Å². The lowest BCUT2D eigenvalue weighted by Gasteiger charge is -2.09. The maximum Gasteiger partial charge on any atom is 0.168 e. The molecule has 0 aliphatic rings. The minimum atomic E-state index is 0.00340. The number of hydrogen-bond donors (Lipinski definition) is 1. The van der Waals surface area contributed by atoms with Gasteiger partial charge < -0.3 is 10.5 Å². The van der Waals surface area contributed by atoms with Gasteiger partial charge in [-0.1, -0.05) is 34.1 Å². The van der Waals surface area contributed by atoms with Crippen molar-refractivity contribution in [3.63, 3.8) is 0 Å². The van der Waals surface area contributed by atoms with Crippen LogP contribution in [-0.4, -0.2) is 12.9 Å². The number of carbonyl (C=O) groups excluding carboxylic acids is 1. The Morgan fingerprint density at radius 1 is 1.26 bits per heavy atom. The van der Waals surface area contributed by atoms with Crippen molar-refractivity contribution >= 4 is 27.4 Å². The molecule has 0 saturated heterocycles. The quantitative estimate of drug-likeness (QED) is 0.693. The maximum absolute atomic E-state index is 12.3. The third-order valence-corrected chi connectivity index (χ3v) is 3.53. The molecule has 0 fully saturated rings. The molecule has 0 unspecified atom stereocenters. The fourth-order valence-corrected chi connectivity index (χ4v) is 2.34. The van der Waals surface area contributed by atoms with Crippen molar-refractivity contribution in [3.05, 3.63) is 58.1 Å². The highest BCUT2D eigenvalue weighted by molar-refractivity contribution is 9.10. The molecule has 2 aromatic carbocycles. The summed E-state index contributed by atoms with van der Waals surface area (Å²) in [6.07, 6.45) is 0.284. The predicted octanol–water partition coefficient (Wildman–Crippen LogP) is 3.47. The number of hydrogen-bond acceptors (Lipinski definition) is 3. The molecule has 0 amide bonds. The number of carbonyl (C=O) groups is 1. The molecular weight excluding hydrogens is 306 g/mol. The highest BCUT2D eigenvalue weighted by Gasteiger charge is 2.13. The summed E-state index contributed by atoms with van der Waals surface area (Å²) in [6.45, 7) is 0. The van der Waals surface area contributed by atoms with Gasteiger partial charge in [0.2, 0.25) is 0 Å². The number of rotatable bonds is 4. The van der Waals surface area contributed by atoms with Crippen LogP contribution in [0.1, 0.15) is 15.9 Å². The van der Waals surface area contributed by atoms with Crippen molar-refractivity contribution < 1.29 is 9.53 Å². The Hall–Kier alpha value is -1.81. The molecule has 0 saturated carbocycles. The molecule has 0 spiro atoms. The third-order valence-electron chi connectivity index (χ3n) is 2.83. The molecule has 0 aliphatic heterocycles. The van der Waals surface area contributed by atoms with E-state index in [4.69, 9.17) is 10.5 Å². The molecule has 2 rings (SSSR count). The van der Waals surface area contributed by atoms with Gasteiger partial charge in [-0.3, -0.25) is 4.79 Å². The first-order chi connectivity index (χ1) is 9.11. The molecule has 3 nitrogen and oxygen atoms in total. The normalized spacial score (nSPS) is 10.2. The lowest BCUT2D eigenvalue weighted by Crippen LogP contribution is -2.06. The fourth-order valence-electron chi connectivity index (χ4n) is 1.87. The lowest BCUT2D eigenvalue weighted by atomic mass is 10.0. The minimum Gasteiger partial charge on any atom is -0.496 e. The fraction of sp³-hybridized carbons (Fsp3) is 0.133. The number of ether oxygens (including phenoxy) is 1. The molecule has 0 aliphatic carbocycles. The summed E-state index contributed by atoms with van der Waals surface area (Å²) < 4.78 is 6.00. The number of benzene rings is 2. The molecule has 2 aromatic rings. The van der Waals surface area contributed by atoms with E-state index in [1.165, 1.54) is 0 Å². The molecule has 0 heterocycles. The van der Waals surface area contributed by atoms with Crippen LogP contribution in [0.4, 0.5) is 5.69 Å². The van der Waals surface area contributed by atoms with Crippen molar-refractivity contribution in [1.29, 1.82) is 0 Å². The van der Waals surface area contributed by atoms with Crippen LogP contribution in [0.5, 0.6) is 5.75 Å². The molecule has 0 bridgehead atoms. The molecule has 98 valence electrons. The van der Waals surface area contributed by atoms with Crippen molar-refractivity contribution in [2.75, 3.05) is 12.8 Å². The van der Waals surface area contributed by atoms with Crippen molar-refractivity contribution in [3.8, 4) is 5.75 Å². The number of ketones is 1. The summed E-state index contributed by atoms with van der Waals surface area (Å²) in [4.78, 5) is 12.3. The number of halogens is 1. The molecule has 4 heteroatoms. The van der Waals surface area contributed by atoms with E-state index in [1.54, 1.807) is 25.3 Å². The van der Waals surface area contributed by atoms with E-state index >= 15 is 0 Å². The van der Waals surface area contributed by atoms with Crippen LogP contribution in [0.25, 0.3) is 0 Å². The SMILES string of the molecule is COc1ccccc1CC(=O)c1cc(N)ccc1Br. The van der Waals surface area contributed by atoms with Crippen molar-refractivity contribution in [1.82, 2.24) is 0 Å². The van der Waals surface area contributed by atoms with Crippen LogP contribution in [0.15, 0.2) is 46.9 Å². The van der Waals surface area contributed by atoms with E-state index in [9.17, 15) is 4.79 Å². The number of methoxy groups -OCH3 is 1. The molecular formula is C15H14BrNO2. The molecule has 19 heavy (non-hydrogen) atoms. The van der Waals surface area contributed by atoms with Gasteiger partial charge in [0.1, 0.15) is 5.75 Å². The van der Waals surface area contributed by atoms with Gasteiger partial charge in [0.15, 0.2) is 5.78 Å². The van der Waals surface area contributed by atoms with Gasteiger partial charge in [-0.2, -0.15) is 0 Å². The predicted molar refractivity (Wildman–Crippen MR) is 79.6 cm³/mol. The zero-order valence-electron chi connectivity index (χ0n) is 10.5. The average Bonchev–Trinajstić information content (AvgIpc) is 2.42. The topological polar surface area (TPSA) is 52.3 Å². The van der Waals surface area contributed by atoms with Crippen LogP contribution in [0.2, 0.25) is 0 Å². The largest absolute Gasteiger partial charge is 0.496 e. The second kappa shape index (κ2) is 5.89. The Kier molecular flexibility index (Phi) is 4.22. The second-order valence-corrected chi connectivity index (χ2v) is 5.01. The number of anilines is 1. The van der Waals surface area contributed by atoms with Gasteiger partial charge in [-0.25, -0.2) is 0 Å². The number of Topliss-reactive ketones (excluding diaryl/α,β-unsaturated/α-hetero) is 1. The van der Waals surface area contributed by atoms with E-state index in [2.05, 4.69) is 15.9 Å². The summed E-state index contributed by atoms with van der Waals surface area (Å²) in [5.74, 6) is 0.722. The van der Waals surface area contributed by atoms with Crippen LogP contribution in [-0.2, 0) is 6.42 Å². The van der Waals surface area contributed by atoms with Gasteiger partial charge in [0.25, 0.3) is 0 Å². The zero-order valence-corrected chi connectivity index (χ0v) is 12.1. The summed E-state index contributed by atoms with van der Waals surface area (Å²) >= 11 is 3.37. The van der Waals surface area contributed by atoms with E-state index in [0.717, 1.165) is 15.8 Å². The second-order valence-electron chi connectivity index (χ2n) is 4.15. The zero-order chi connectivity index (χ0) is 13.8. The number of nitrogens with two attached hydrogens (primary N) is 1. The third kappa shape index (κ3) is 3.15. The van der Waals surface area contributed by atoms with Gasteiger partial charge in [-0.15, -0.1) is 0 Å². The Morgan fingerprint density at radius 3 is 2.74 bits per heavy atom. The molecule has 2 N–H and O–H groups in total. The van der Waals surface area contributed by atoms with Crippen LogP contribution in [0, 0.1) is 0 Å². The minimum absolute atomic E-state index is 0.00340. The molecule has 0 aromatic heterocycles. The summed E-state index contributed by atoms with van der Waals surface area (Å²) in [5, 5.41) is 0. The maximum atomic E-state index is 12.3. The van der Waals surface area contributed by atoms with Gasteiger partial charge >= 0.3 is 0 Å². The Balaban J connectivity index is 2.28. The highest BCUT2D eigenvalue weighted by Crippen LogP contribution is 2.24. The standard InChI is InChI=1S/C15H14BrNO2/c1-19-15-5-3-2-4-10(15)8-14(18)12-9-11(17)6-7-13(12)16/h2-7,9H,8,17H2,1H3. The average molecular weight is 320 g/mol. The summed E-state index contributed by atoms with van der Waals surface area (Å²) in [6, 6.07) is 12.7. The Morgan fingerprint density at radius 2 is 2.00 bits per heavy atom. The van der Waals surface area contributed by atoms with E-state index in [0.29, 0.717) is 11.3 Å². The molecule has 0 atom stereocenters. The first-order valence-corrected chi connectivity index (χ1v) is 6.61. The first kappa shape index (κ1) is 13.6. The van der Waals surface area contributed by atoms with E-state index in [-0.39, 0.29) is 12.2 Å². The first-order valence-electron chi connectivity index (χ1n) is 5.82. The van der Waals surface area contributed by atoms with Gasteiger partial charge in [0, 0.05) is 27.7 Å². The lowest BCUT2D eigenvalue weighted by molar-refractivity contribution is 0.0991.